The minimum Gasteiger partial charge on any atom is -0.378 e. The molecule has 2 aromatic heterocycles. The molecule has 1 aliphatic carbocycles. The molecule has 3 aliphatic rings. The van der Waals surface area contributed by atoms with Crippen molar-refractivity contribution in [3.63, 3.8) is 0 Å². The summed E-state index contributed by atoms with van der Waals surface area (Å²) in [6.45, 7) is 2.19. The van der Waals surface area contributed by atoms with Crippen LogP contribution in [0, 0.1) is 5.82 Å². The monoisotopic (exact) mass is 415 g/mol. The van der Waals surface area contributed by atoms with E-state index in [4.69, 9.17) is 9.47 Å². The lowest BCUT2D eigenvalue weighted by atomic mass is 9.67. The van der Waals surface area contributed by atoms with Gasteiger partial charge < -0.3 is 9.47 Å². The average molecular weight is 416 g/mol. The number of halogens is 1. The van der Waals surface area contributed by atoms with Crippen LogP contribution >= 0.6 is 11.3 Å². The molecule has 0 bridgehead atoms. The van der Waals surface area contributed by atoms with Gasteiger partial charge in [0.05, 0.1) is 18.4 Å². The van der Waals surface area contributed by atoms with Crippen LogP contribution in [0.15, 0.2) is 23.7 Å². The first-order valence-corrected chi connectivity index (χ1v) is 12.0. The van der Waals surface area contributed by atoms with Crippen LogP contribution in [0.3, 0.4) is 0 Å². The Kier molecular flexibility index (Phi) is 5.48. The lowest BCUT2D eigenvalue weighted by Crippen LogP contribution is -2.48. The zero-order valence-corrected chi connectivity index (χ0v) is 17.9. The van der Waals surface area contributed by atoms with Crippen LogP contribution in [-0.2, 0) is 34.2 Å². The molecule has 2 aromatic rings. The summed E-state index contributed by atoms with van der Waals surface area (Å²) in [6, 6.07) is 3.46. The molecule has 2 fully saturated rings. The van der Waals surface area contributed by atoms with E-state index in [1.165, 1.54) is 44.7 Å². The lowest BCUT2D eigenvalue weighted by Gasteiger charge is -2.45. The quantitative estimate of drug-likeness (QED) is 0.593. The summed E-state index contributed by atoms with van der Waals surface area (Å²) in [4.78, 5) is 6.15. The van der Waals surface area contributed by atoms with Crippen molar-refractivity contribution in [2.75, 3.05) is 19.8 Å². The molecule has 0 aromatic carbocycles. The van der Waals surface area contributed by atoms with E-state index in [0.29, 0.717) is 6.61 Å². The fourth-order valence-corrected chi connectivity index (χ4v) is 6.88. The molecule has 0 N–H and O–H groups in total. The number of hydrogen-bond donors (Lipinski definition) is 0. The van der Waals surface area contributed by atoms with Gasteiger partial charge in [-0.05, 0) is 80.0 Å². The summed E-state index contributed by atoms with van der Waals surface area (Å²) in [5, 5.41) is 2.38. The summed E-state index contributed by atoms with van der Waals surface area (Å²) in [5.41, 5.74) is 4.08. The first kappa shape index (κ1) is 19.7. The van der Waals surface area contributed by atoms with Crippen molar-refractivity contribution in [3.8, 4) is 0 Å². The number of rotatable bonds is 6. The van der Waals surface area contributed by atoms with Crippen molar-refractivity contribution < 1.29 is 13.9 Å². The predicted octanol–water partition coefficient (Wildman–Crippen LogP) is 5.39. The average Bonchev–Trinajstić information content (AvgIpc) is 3.45. The summed E-state index contributed by atoms with van der Waals surface area (Å²) in [6.07, 6.45) is 12.8. The van der Waals surface area contributed by atoms with Gasteiger partial charge in [-0.15, -0.1) is 11.3 Å². The predicted molar refractivity (Wildman–Crippen MR) is 113 cm³/mol. The van der Waals surface area contributed by atoms with E-state index in [2.05, 4.69) is 10.4 Å². The van der Waals surface area contributed by atoms with Crippen LogP contribution in [0.5, 0.6) is 0 Å². The topological polar surface area (TPSA) is 31.4 Å². The Labute approximate surface area is 176 Å². The SMILES string of the molecule is Fc1ccc(C2(CCCCc3scc4c3CCC4)CCOC3(CCOC3)C2)nc1. The fourth-order valence-electron chi connectivity index (χ4n) is 5.70. The highest BCUT2D eigenvalue weighted by atomic mass is 32.1. The standard InChI is InChI=1S/C24H30FNO2S/c25-19-7-8-22(26-14-19)23(10-13-28-24(16-23)11-12-27-17-24)9-2-1-6-21-20-5-3-4-18(20)15-29-21/h7-8,14-15H,1-6,9-13,16-17H2. The van der Waals surface area contributed by atoms with E-state index in [1.807, 2.05) is 17.4 Å². The number of fused-ring (bicyclic) bond motifs is 1. The van der Waals surface area contributed by atoms with Crippen molar-refractivity contribution in [3.05, 3.63) is 51.2 Å². The third-order valence-corrected chi connectivity index (χ3v) is 8.37. The van der Waals surface area contributed by atoms with Gasteiger partial charge >= 0.3 is 0 Å². The zero-order chi connectivity index (χ0) is 19.7. The van der Waals surface area contributed by atoms with Crippen LogP contribution in [0.25, 0.3) is 0 Å². The Hall–Kier alpha value is -1.30. The highest BCUT2D eigenvalue weighted by Crippen LogP contribution is 2.47. The highest BCUT2D eigenvalue weighted by molar-refractivity contribution is 7.10. The Morgan fingerprint density at radius 2 is 2.10 bits per heavy atom. The molecule has 1 spiro atoms. The van der Waals surface area contributed by atoms with E-state index in [-0.39, 0.29) is 16.8 Å². The van der Waals surface area contributed by atoms with Gasteiger partial charge in [0.15, 0.2) is 0 Å². The van der Waals surface area contributed by atoms with E-state index in [0.717, 1.165) is 44.6 Å². The van der Waals surface area contributed by atoms with Gasteiger partial charge in [-0.1, -0.05) is 6.42 Å². The maximum atomic E-state index is 13.5. The van der Waals surface area contributed by atoms with Gasteiger partial charge in [0.25, 0.3) is 0 Å². The maximum Gasteiger partial charge on any atom is 0.141 e. The fraction of sp³-hybridized carbons (Fsp3) is 0.625. The molecular weight excluding hydrogens is 385 g/mol. The molecule has 5 heteroatoms. The summed E-state index contributed by atoms with van der Waals surface area (Å²) in [7, 11) is 0. The van der Waals surface area contributed by atoms with Crippen LogP contribution in [0.1, 0.15) is 66.6 Å². The molecule has 29 heavy (non-hydrogen) atoms. The molecule has 0 amide bonds. The molecule has 2 aliphatic heterocycles. The maximum absolute atomic E-state index is 13.5. The molecule has 0 saturated carbocycles. The van der Waals surface area contributed by atoms with Crippen LogP contribution in [-0.4, -0.2) is 30.4 Å². The molecule has 0 radical (unpaired) electrons. The van der Waals surface area contributed by atoms with Gasteiger partial charge in [-0.3, -0.25) is 4.98 Å². The number of unbranched alkanes of at least 4 members (excludes halogenated alkanes) is 1. The first-order chi connectivity index (χ1) is 14.2. The zero-order valence-electron chi connectivity index (χ0n) is 17.1. The molecule has 2 atom stereocenters. The largest absolute Gasteiger partial charge is 0.378 e. The van der Waals surface area contributed by atoms with Gasteiger partial charge in [0.1, 0.15) is 5.82 Å². The molecular formula is C24H30FNO2S. The van der Waals surface area contributed by atoms with Crippen LogP contribution < -0.4 is 0 Å². The van der Waals surface area contributed by atoms with Crippen molar-refractivity contribution in [2.24, 2.45) is 0 Å². The van der Waals surface area contributed by atoms with E-state index in [1.54, 1.807) is 22.1 Å². The molecule has 4 heterocycles. The van der Waals surface area contributed by atoms with E-state index < -0.39 is 0 Å². The second-order valence-corrected chi connectivity index (χ2v) is 10.1. The molecule has 2 saturated heterocycles. The minimum absolute atomic E-state index is 0.0307. The Balaban J connectivity index is 1.30. The van der Waals surface area contributed by atoms with Crippen molar-refractivity contribution in [1.29, 1.82) is 0 Å². The Bertz CT molecular complexity index is 843. The number of aromatic nitrogens is 1. The molecule has 2 unspecified atom stereocenters. The number of aryl methyl sites for hydroxylation is 2. The lowest BCUT2D eigenvalue weighted by molar-refractivity contribution is -0.109. The number of nitrogens with zero attached hydrogens (tertiary/aromatic N) is 1. The van der Waals surface area contributed by atoms with E-state index in [9.17, 15) is 4.39 Å². The third kappa shape index (κ3) is 3.89. The van der Waals surface area contributed by atoms with Gasteiger partial charge in [0.2, 0.25) is 0 Å². The smallest absolute Gasteiger partial charge is 0.141 e. The highest BCUT2D eigenvalue weighted by Gasteiger charge is 2.49. The van der Waals surface area contributed by atoms with Gasteiger partial charge in [-0.25, -0.2) is 4.39 Å². The Morgan fingerprint density at radius 3 is 2.93 bits per heavy atom. The second-order valence-electron chi connectivity index (χ2n) is 9.13. The number of pyridine rings is 1. The number of ether oxygens (including phenoxy) is 2. The van der Waals surface area contributed by atoms with Crippen molar-refractivity contribution >= 4 is 11.3 Å². The second kappa shape index (κ2) is 8.09. The van der Waals surface area contributed by atoms with E-state index >= 15 is 0 Å². The first-order valence-electron chi connectivity index (χ1n) is 11.1. The van der Waals surface area contributed by atoms with Crippen molar-refractivity contribution in [2.45, 2.75) is 75.2 Å². The summed E-state index contributed by atoms with van der Waals surface area (Å²) >= 11 is 1.96. The summed E-state index contributed by atoms with van der Waals surface area (Å²) in [5.74, 6) is -0.263. The van der Waals surface area contributed by atoms with Crippen LogP contribution in [0.2, 0.25) is 0 Å². The third-order valence-electron chi connectivity index (χ3n) is 7.24. The number of hydrogen-bond acceptors (Lipinski definition) is 4. The molecule has 3 nitrogen and oxygen atoms in total. The molecule has 5 rings (SSSR count). The van der Waals surface area contributed by atoms with Gasteiger partial charge in [-0.2, -0.15) is 0 Å². The molecule has 156 valence electrons. The Morgan fingerprint density at radius 1 is 1.14 bits per heavy atom. The van der Waals surface area contributed by atoms with Crippen molar-refractivity contribution in [1.82, 2.24) is 4.98 Å². The van der Waals surface area contributed by atoms with Crippen LogP contribution in [0.4, 0.5) is 4.39 Å². The minimum atomic E-state index is -0.263. The number of thiophene rings is 1. The normalized spacial score (nSPS) is 28.9. The summed E-state index contributed by atoms with van der Waals surface area (Å²) < 4.78 is 25.5. The van der Waals surface area contributed by atoms with Gasteiger partial charge in [0, 0.05) is 35.6 Å².